The van der Waals surface area contributed by atoms with Crippen LogP contribution in [0.1, 0.15) is 415 Å². The van der Waals surface area contributed by atoms with E-state index in [0.29, 0.717) is 25.7 Å². The number of ether oxygens (including phenoxy) is 4. The average Bonchev–Trinajstić information content (AvgIpc) is 0.773. The maximum atomic E-state index is 12.7. The summed E-state index contributed by atoms with van der Waals surface area (Å²) in [6.07, 6.45) is 58.7. The Bertz CT molecular complexity index is 2100. The number of rotatable bonds is 67. The molecule has 10 heteroatoms. The highest BCUT2D eigenvalue weighted by Gasteiger charge is 2.39. The molecule has 0 bridgehead atoms. The molecule has 0 spiro atoms. The van der Waals surface area contributed by atoms with Crippen molar-refractivity contribution in [2.24, 2.45) is 0 Å². The number of allylic oxidation sites excluding steroid dienone is 1. The third-order valence-electron chi connectivity index (χ3n) is 20.6. The first-order valence-corrected chi connectivity index (χ1v) is 46.0. The van der Waals surface area contributed by atoms with Gasteiger partial charge in [-0.15, -0.1) is 0 Å². The summed E-state index contributed by atoms with van der Waals surface area (Å²) in [5.74, 6) is -0.835. The monoisotopic (exact) mass is 1460 g/mol. The predicted molar refractivity (Wildman–Crippen MR) is 449 cm³/mol. The zero-order valence-corrected chi connectivity index (χ0v) is 69.8. The van der Waals surface area contributed by atoms with Gasteiger partial charge >= 0.3 is 23.9 Å². The summed E-state index contributed by atoms with van der Waals surface area (Å²) in [6.45, 7) is 24.4. The second-order valence-corrected chi connectivity index (χ2v) is 33.9. The molecule has 0 heterocycles. The van der Waals surface area contributed by atoms with Gasteiger partial charge in [-0.2, -0.15) is 0 Å². The van der Waals surface area contributed by atoms with Crippen LogP contribution in [0.4, 0.5) is 0 Å². The number of hydrogen-bond acceptors (Lipinski definition) is 9. The lowest BCUT2D eigenvalue weighted by molar-refractivity contribution is -0.152. The van der Waals surface area contributed by atoms with Gasteiger partial charge in [-0.3, -0.25) is 24.0 Å². The van der Waals surface area contributed by atoms with Crippen LogP contribution in [0.15, 0.2) is 103 Å². The normalized spacial score (nSPS) is 11.4. The van der Waals surface area contributed by atoms with Crippen LogP contribution >= 0.6 is 7.26 Å². The molecule has 0 radical (unpaired) electrons. The van der Waals surface area contributed by atoms with E-state index < -0.39 is 7.26 Å². The van der Waals surface area contributed by atoms with Gasteiger partial charge in [0.05, 0.1) is 19.5 Å². The van der Waals surface area contributed by atoms with E-state index in [1.807, 2.05) is 0 Å². The van der Waals surface area contributed by atoms with Crippen LogP contribution in [0, 0.1) is 0 Å². The number of benzene rings is 3. The van der Waals surface area contributed by atoms with Crippen molar-refractivity contribution in [3.63, 3.8) is 0 Å². The maximum Gasteiger partial charge on any atom is 0.306 e. The first-order valence-electron chi connectivity index (χ1n) is 43.7. The van der Waals surface area contributed by atoms with E-state index in [0.717, 1.165) is 108 Å². The smallest absolute Gasteiger partial charge is 0.306 e. The SMILES string of the molecule is C=C(CCC(=O)OC(CCCCCCC)CCCCCCC)CCC(=O)OC(CCCCCCC)CCCCCCC.CCCCCCCC(CCCCCCC)OC(=O)CCC(=O)CCC(=O)OC(CCCCCCC)CCCCCCC.C[P+](c1ccccc1)(c1ccccc1)c1ccccc1. The number of Topliss-reactive ketones (excluding diaryl/α,β-unsaturated/α-hetero) is 1. The summed E-state index contributed by atoms with van der Waals surface area (Å²) < 4.78 is 23.6. The first kappa shape index (κ1) is 97.4. The molecule has 0 aliphatic heterocycles. The van der Waals surface area contributed by atoms with Crippen molar-refractivity contribution >= 4 is 52.8 Å². The molecule has 0 saturated heterocycles. The van der Waals surface area contributed by atoms with Crippen LogP contribution in [0.25, 0.3) is 0 Å². The van der Waals surface area contributed by atoms with Gasteiger partial charge in [-0.05, 0) is 152 Å². The number of ketones is 1. The summed E-state index contributed by atoms with van der Waals surface area (Å²) in [6, 6.07) is 32.6. The quantitative estimate of drug-likeness (QED) is 0.0179. The predicted octanol–water partition coefficient (Wildman–Crippen LogP) is 27.4. The molecule has 594 valence electrons. The highest BCUT2D eigenvalue weighted by molar-refractivity contribution is 7.95. The van der Waals surface area contributed by atoms with Gasteiger partial charge in [0, 0.05) is 25.7 Å². The summed E-state index contributed by atoms with van der Waals surface area (Å²) >= 11 is 0. The van der Waals surface area contributed by atoms with Crippen LogP contribution in [0.3, 0.4) is 0 Å². The van der Waals surface area contributed by atoms with Gasteiger partial charge in [0.15, 0.2) is 0 Å². The molecule has 0 unspecified atom stereocenters. The number of carbonyl (C=O) groups excluding carboxylic acids is 5. The Morgan fingerprint density at radius 3 is 0.615 bits per heavy atom. The summed E-state index contributed by atoms with van der Waals surface area (Å²) in [7, 11) is -1.53. The van der Waals surface area contributed by atoms with Crippen LogP contribution in [-0.4, -0.2) is 60.7 Å². The number of hydrogen-bond donors (Lipinski definition) is 0. The highest BCUT2D eigenvalue weighted by atomic mass is 31.2. The van der Waals surface area contributed by atoms with Gasteiger partial charge in [0.1, 0.15) is 53.4 Å². The largest absolute Gasteiger partial charge is 0.462 e. The van der Waals surface area contributed by atoms with E-state index in [1.54, 1.807) is 0 Å². The van der Waals surface area contributed by atoms with Crippen LogP contribution in [-0.2, 0) is 42.9 Å². The average molecular weight is 1470 g/mol. The molecular weight excluding hydrogens is 1300 g/mol. The van der Waals surface area contributed by atoms with Crippen LogP contribution in [0.2, 0.25) is 0 Å². The lowest BCUT2D eigenvalue weighted by Crippen LogP contribution is -2.30. The fourth-order valence-electron chi connectivity index (χ4n) is 13.7. The Labute approximate surface area is 641 Å². The highest BCUT2D eigenvalue weighted by Crippen LogP contribution is 2.51. The van der Waals surface area contributed by atoms with Gasteiger partial charge in [0.25, 0.3) is 0 Å². The van der Waals surface area contributed by atoms with Gasteiger partial charge in [0.2, 0.25) is 0 Å². The molecule has 3 rings (SSSR count). The fourth-order valence-corrected chi connectivity index (χ4v) is 16.9. The second-order valence-electron chi connectivity index (χ2n) is 30.4. The van der Waals surface area contributed by atoms with E-state index in [2.05, 4.69) is 160 Å². The zero-order chi connectivity index (χ0) is 76.0. The Balaban J connectivity index is 0.000000824. The fraction of sp³-hybridized carbons (Fsp3) is 0.734. The van der Waals surface area contributed by atoms with Crippen molar-refractivity contribution in [2.75, 3.05) is 6.66 Å². The molecule has 104 heavy (non-hydrogen) atoms. The van der Waals surface area contributed by atoms with Crippen LogP contribution in [0.5, 0.6) is 0 Å². The van der Waals surface area contributed by atoms with Crippen molar-refractivity contribution in [1.29, 1.82) is 0 Å². The Kier molecular flexibility index (Phi) is 65.6. The van der Waals surface area contributed by atoms with Crippen molar-refractivity contribution in [3.8, 4) is 0 Å². The number of esters is 4. The summed E-state index contributed by atoms with van der Waals surface area (Å²) in [5.41, 5.74) is 0.940. The second kappa shape index (κ2) is 70.1. The van der Waals surface area contributed by atoms with Crippen molar-refractivity contribution in [1.82, 2.24) is 0 Å². The standard InChI is InChI=1S/C38H72O4.C37H70O5.C19H18P/c1-6-10-14-18-22-26-35(27-23-19-15-11-7-2)41-37(39)32-30-34(5)31-33-38(40)42-36(28-24-20-16-12-8-3)29-25-21-17-13-9-4;1-5-9-13-17-21-25-34(26-22-18-14-10-6-2)41-36(39)31-29-33(38)30-32-37(40)42-35(27-23-19-15-11-7-3)28-24-20-16-12-8-4;1-20(17-11-5-2-6-12-17,18-13-7-3-8-14-18)19-15-9-4-10-16-19/h35-36H,5-33H2,1-4H3;34-35H,5-32H2,1-4H3;2-16H,1H3/q;;+1. The van der Waals surface area contributed by atoms with E-state index >= 15 is 0 Å². The topological polar surface area (TPSA) is 122 Å². The molecule has 0 aliphatic rings. The molecule has 0 fully saturated rings. The first-order chi connectivity index (χ1) is 50.7. The van der Waals surface area contributed by atoms with Crippen molar-refractivity contribution in [2.45, 2.75) is 439 Å². The molecular formula is C94H160O9P+. The lowest BCUT2D eigenvalue weighted by atomic mass is 10.0. The number of unbranched alkanes of at least 4 members (excludes halogenated alkanes) is 32. The Morgan fingerprint density at radius 2 is 0.433 bits per heavy atom. The minimum atomic E-state index is -1.53. The lowest BCUT2D eigenvalue weighted by Gasteiger charge is -2.22. The Hall–Kier alpha value is -4.62. The third-order valence-corrected chi connectivity index (χ3v) is 24.6. The zero-order valence-electron chi connectivity index (χ0n) is 68.9. The molecule has 0 saturated carbocycles. The van der Waals surface area contributed by atoms with Crippen LogP contribution < -0.4 is 15.9 Å². The van der Waals surface area contributed by atoms with Crippen molar-refractivity contribution < 1.29 is 42.9 Å². The van der Waals surface area contributed by atoms with Gasteiger partial charge < -0.3 is 18.9 Å². The molecule has 3 aromatic carbocycles. The molecule has 0 N–H and O–H groups in total. The van der Waals surface area contributed by atoms with Gasteiger partial charge in [-0.1, -0.05) is 328 Å². The van der Waals surface area contributed by atoms with E-state index in [4.69, 9.17) is 18.9 Å². The van der Waals surface area contributed by atoms with Gasteiger partial charge in [-0.25, -0.2) is 0 Å². The molecule has 0 aliphatic carbocycles. The molecule has 0 atom stereocenters. The Morgan fingerprint density at radius 1 is 0.260 bits per heavy atom. The van der Waals surface area contributed by atoms with E-state index in [-0.39, 0.29) is 79.8 Å². The van der Waals surface area contributed by atoms with E-state index in [9.17, 15) is 24.0 Å². The van der Waals surface area contributed by atoms with E-state index in [1.165, 1.54) is 221 Å². The molecule has 3 aromatic rings. The van der Waals surface area contributed by atoms with Crippen molar-refractivity contribution in [3.05, 3.63) is 103 Å². The third kappa shape index (κ3) is 54.0. The minimum absolute atomic E-state index is 0.0355. The molecule has 0 aromatic heterocycles. The maximum absolute atomic E-state index is 12.7. The summed E-state index contributed by atoms with van der Waals surface area (Å²) in [4.78, 5) is 63.0. The molecule has 9 nitrogen and oxygen atoms in total. The minimum Gasteiger partial charge on any atom is -0.462 e. The number of carbonyl (C=O) groups is 5. The summed E-state index contributed by atoms with van der Waals surface area (Å²) in [5, 5.41) is 4.28. The molecule has 0 amide bonds.